The Hall–Kier alpha value is -3.52. The molecule has 30 heavy (non-hydrogen) atoms. The number of aryl methyl sites for hydroxylation is 2. The number of benzene rings is 2. The zero-order valence-corrected chi connectivity index (χ0v) is 17.9. The average Bonchev–Trinajstić information content (AvgIpc) is 3.08. The van der Waals surface area contributed by atoms with Gasteiger partial charge in [-0.1, -0.05) is 12.1 Å². The molecule has 0 aliphatic rings. The molecular formula is C22H18BrN5O2. The highest BCUT2D eigenvalue weighted by molar-refractivity contribution is 9.10. The highest BCUT2D eigenvalue weighted by Crippen LogP contribution is 2.24. The molecule has 0 fully saturated rings. The van der Waals surface area contributed by atoms with Crippen LogP contribution in [0.15, 0.2) is 71.5 Å². The van der Waals surface area contributed by atoms with Crippen LogP contribution in [0.3, 0.4) is 0 Å². The van der Waals surface area contributed by atoms with Crippen molar-refractivity contribution >= 4 is 27.5 Å². The fourth-order valence-corrected chi connectivity index (χ4v) is 3.40. The average molecular weight is 464 g/mol. The summed E-state index contributed by atoms with van der Waals surface area (Å²) in [4.78, 5) is 20.8. The van der Waals surface area contributed by atoms with E-state index in [0.717, 1.165) is 15.9 Å². The van der Waals surface area contributed by atoms with Gasteiger partial charge in [0, 0.05) is 21.9 Å². The van der Waals surface area contributed by atoms with Crippen molar-refractivity contribution in [3.05, 3.63) is 88.4 Å². The van der Waals surface area contributed by atoms with E-state index in [-0.39, 0.29) is 5.91 Å². The van der Waals surface area contributed by atoms with E-state index < -0.39 is 0 Å². The molecule has 0 bridgehead atoms. The summed E-state index contributed by atoms with van der Waals surface area (Å²) in [6.07, 6.45) is 1.44. The molecule has 0 unspecified atom stereocenters. The molecule has 4 rings (SSSR count). The lowest BCUT2D eigenvalue weighted by atomic mass is 10.2. The van der Waals surface area contributed by atoms with E-state index in [1.807, 2.05) is 38.1 Å². The number of amides is 1. The first kappa shape index (κ1) is 19.8. The molecule has 1 N–H and O–H groups in total. The molecule has 2 aromatic heterocycles. The van der Waals surface area contributed by atoms with Crippen LogP contribution in [0.2, 0.25) is 0 Å². The van der Waals surface area contributed by atoms with Crippen LogP contribution in [0.25, 0.3) is 5.82 Å². The lowest BCUT2D eigenvalue weighted by molar-refractivity contribution is 0.102. The van der Waals surface area contributed by atoms with E-state index in [4.69, 9.17) is 4.74 Å². The van der Waals surface area contributed by atoms with Gasteiger partial charge in [0.05, 0.1) is 11.3 Å². The summed E-state index contributed by atoms with van der Waals surface area (Å²) < 4.78 is 8.32. The maximum atomic E-state index is 12.4. The van der Waals surface area contributed by atoms with E-state index in [1.165, 1.54) is 6.33 Å². The molecule has 0 radical (unpaired) electrons. The summed E-state index contributed by atoms with van der Waals surface area (Å²) in [7, 11) is 0. The first-order valence-electron chi connectivity index (χ1n) is 9.19. The second-order valence-electron chi connectivity index (χ2n) is 6.61. The summed E-state index contributed by atoms with van der Waals surface area (Å²) in [5, 5.41) is 7.29. The molecule has 0 saturated carbocycles. The van der Waals surface area contributed by atoms with Gasteiger partial charge in [0.1, 0.15) is 12.1 Å². The largest absolute Gasteiger partial charge is 0.439 e. The summed E-state index contributed by atoms with van der Waals surface area (Å²) in [5.41, 5.74) is 3.11. The first-order valence-corrected chi connectivity index (χ1v) is 9.98. The van der Waals surface area contributed by atoms with Gasteiger partial charge in [0.2, 0.25) is 5.88 Å². The number of ether oxygens (including phenoxy) is 1. The molecule has 1 amide bonds. The number of carbonyl (C=O) groups is 1. The second kappa shape index (κ2) is 8.46. The van der Waals surface area contributed by atoms with Gasteiger partial charge in [0.15, 0.2) is 5.82 Å². The minimum Gasteiger partial charge on any atom is -0.439 e. The molecule has 2 aromatic carbocycles. The molecular weight excluding hydrogens is 446 g/mol. The monoisotopic (exact) mass is 463 g/mol. The smallest absolute Gasteiger partial charge is 0.256 e. The molecule has 2 heterocycles. The van der Waals surface area contributed by atoms with Crippen molar-refractivity contribution < 1.29 is 9.53 Å². The predicted octanol–water partition coefficient (Wildman–Crippen LogP) is 5.09. The van der Waals surface area contributed by atoms with Crippen LogP contribution < -0.4 is 10.1 Å². The van der Waals surface area contributed by atoms with Crippen LogP contribution in [0.1, 0.15) is 21.7 Å². The van der Waals surface area contributed by atoms with Crippen molar-refractivity contribution in [3.63, 3.8) is 0 Å². The van der Waals surface area contributed by atoms with Crippen LogP contribution in [0, 0.1) is 13.8 Å². The standard InChI is InChI=1S/C22H18BrN5O2/c1-14-11-15(2)28(27-14)20-12-21(25-13-24-20)30-17-9-7-16(8-10-17)26-22(29)18-5-3-4-6-19(18)23/h3-13H,1-2H3,(H,26,29). The summed E-state index contributed by atoms with van der Waals surface area (Å²) in [6.45, 7) is 3.89. The Morgan fingerprint density at radius 2 is 1.80 bits per heavy atom. The topological polar surface area (TPSA) is 81.9 Å². The molecule has 150 valence electrons. The van der Waals surface area contributed by atoms with Gasteiger partial charge in [-0.2, -0.15) is 5.10 Å². The maximum Gasteiger partial charge on any atom is 0.256 e. The molecule has 0 saturated heterocycles. The number of hydrogen-bond acceptors (Lipinski definition) is 5. The number of rotatable bonds is 5. The van der Waals surface area contributed by atoms with Crippen LogP contribution in [-0.4, -0.2) is 25.7 Å². The maximum absolute atomic E-state index is 12.4. The van der Waals surface area contributed by atoms with Gasteiger partial charge in [-0.15, -0.1) is 0 Å². The van der Waals surface area contributed by atoms with Crippen LogP contribution in [0.4, 0.5) is 5.69 Å². The number of aromatic nitrogens is 4. The predicted molar refractivity (Wildman–Crippen MR) is 117 cm³/mol. The van der Waals surface area contributed by atoms with Crippen molar-refractivity contribution in [3.8, 4) is 17.4 Å². The van der Waals surface area contributed by atoms with E-state index in [2.05, 4.69) is 36.3 Å². The molecule has 8 heteroatoms. The van der Waals surface area contributed by atoms with E-state index in [9.17, 15) is 4.79 Å². The third-order valence-corrected chi connectivity index (χ3v) is 5.00. The van der Waals surface area contributed by atoms with Crippen LogP contribution in [0.5, 0.6) is 11.6 Å². The first-order chi connectivity index (χ1) is 14.5. The Balaban J connectivity index is 1.46. The quantitative estimate of drug-likeness (QED) is 0.445. The van der Waals surface area contributed by atoms with Gasteiger partial charge < -0.3 is 10.1 Å². The molecule has 0 spiro atoms. The second-order valence-corrected chi connectivity index (χ2v) is 7.47. The minimum absolute atomic E-state index is 0.193. The van der Waals surface area contributed by atoms with E-state index >= 15 is 0 Å². The van der Waals surface area contributed by atoms with Crippen molar-refractivity contribution in [2.24, 2.45) is 0 Å². The molecule has 0 atom stereocenters. The number of halogens is 1. The molecule has 7 nitrogen and oxygen atoms in total. The van der Waals surface area contributed by atoms with Gasteiger partial charge in [0.25, 0.3) is 5.91 Å². The van der Waals surface area contributed by atoms with Gasteiger partial charge in [-0.25, -0.2) is 14.6 Å². The van der Waals surface area contributed by atoms with E-state index in [0.29, 0.717) is 28.7 Å². The van der Waals surface area contributed by atoms with Crippen molar-refractivity contribution in [1.29, 1.82) is 0 Å². The lowest BCUT2D eigenvalue weighted by Crippen LogP contribution is -2.12. The number of hydrogen-bond donors (Lipinski definition) is 1. The summed E-state index contributed by atoms with van der Waals surface area (Å²) in [5.74, 6) is 1.42. The Morgan fingerprint density at radius 1 is 1.03 bits per heavy atom. The fraction of sp³-hybridized carbons (Fsp3) is 0.0909. The zero-order valence-electron chi connectivity index (χ0n) is 16.3. The third-order valence-electron chi connectivity index (χ3n) is 4.31. The van der Waals surface area contributed by atoms with Gasteiger partial charge >= 0.3 is 0 Å². The van der Waals surface area contributed by atoms with E-state index in [1.54, 1.807) is 41.1 Å². The van der Waals surface area contributed by atoms with Gasteiger partial charge in [-0.05, 0) is 72.2 Å². The fourth-order valence-electron chi connectivity index (χ4n) is 2.93. The number of anilines is 1. The minimum atomic E-state index is -0.193. The zero-order chi connectivity index (χ0) is 21.1. The number of carbonyl (C=O) groups excluding carboxylic acids is 1. The lowest BCUT2D eigenvalue weighted by Gasteiger charge is -2.09. The Morgan fingerprint density at radius 3 is 2.50 bits per heavy atom. The Bertz CT molecular complexity index is 1200. The van der Waals surface area contributed by atoms with Gasteiger partial charge in [-0.3, -0.25) is 4.79 Å². The van der Waals surface area contributed by atoms with Crippen molar-refractivity contribution in [2.75, 3.05) is 5.32 Å². The Labute approximate surface area is 181 Å². The molecule has 0 aliphatic carbocycles. The summed E-state index contributed by atoms with van der Waals surface area (Å²) >= 11 is 3.39. The third kappa shape index (κ3) is 4.38. The van der Waals surface area contributed by atoms with Crippen molar-refractivity contribution in [1.82, 2.24) is 19.7 Å². The SMILES string of the molecule is Cc1cc(C)n(-c2cc(Oc3ccc(NC(=O)c4ccccc4Br)cc3)ncn2)n1. The van der Waals surface area contributed by atoms with Crippen LogP contribution in [-0.2, 0) is 0 Å². The molecule has 4 aromatic rings. The normalized spacial score (nSPS) is 10.6. The molecule has 0 aliphatic heterocycles. The van der Waals surface area contributed by atoms with Crippen molar-refractivity contribution in [2.45, 2.75) is 13.8 Å². The highest BCUT2D eigenvalue weighted by atomic mass is 79.9. The number of nitrogens with one attached hydrogen (secondary N) is 1. The number of nitrogens with zero attached hydrogens (tertiary/aromatic N) is 4. The van der Waals surface area contributed by atoms with Crippen LogP contribution >= 0.6 is 15.9 Å². The highest BCUT2D eigenvalue weighted by Gasteiger charge is 2.10. The summed E-state index contributed by atoms with van der Waals surface area (Å²) in [6, 6.07) is 18.0. The Kier molecular flexibility index (Phi) is 5.58.